The number of carbonyl (C=O) groups excluding carboxylic acids is 1. The van der Waals surface area contributed by atoms with Gasteiger partial charge in [-0.15, -0.1) is 11.6 Å². The van der Waals surface area contributed by atoms with Gasteiger partial charge >= 0.3 is 6.09 Å². The predicted octanol–water partition coefficient (Wildman–Crippen LogP) is 1.76. The van der Waals surface area contributed by atoms with E-state index in [1.807, 2.05) is 22.6 Å². The summed E-state index contributed by atoms with van der Waals surface area (Å²) in [6.07, 6.45) is 1.57. The fraction of sp³-hybridized carbons (Fsp3) is 0.571. The van der Waals surface area contributed by atoms with Crippen LogP contribution in [0.4, 0.5) is 9.18 Å². The van der Waals surface area contributed by atoms with Crippen LogP contribution in [-0.2, 0) is 4.79 Å². The molecule has 0 aromatic heterocycles. The highest BCUT2D eigenvalue weighted by molar-refractivity contribution is 14.1. The van der Waals surface area contributed by atoms with Crippen LogP contribution in [0.15, 0.2) is 23.6 Å². The molecule has 1 fully saturated rings. The number of alkyl halides is 2. The van der Waals surface area contributed by atoms with E-state index in [2.05, 4.69) is 0 Å². The second-order valence-electron chi connectivity index (χ2n) is 5.69. The number of amides is 2. The topological polar surface area (TPSA) is 81.1 Å². The fourth-order valence-corrected chi connectivity index (χ4v) is 3.25. The van der Waals surface area contributed by atoms with Crippen molar-refractivity contribution < 1.29 is 24.2 Å². The average molecular weight is 459 g/mol. The molecule has 1 heterocycles. The summed E-state index contributed by atoms with van der Waals surface area (Å²) >= 11 is 8.29. The molecule has 23 heavy (non-hydrogen) atoms. The Morgan fingerprint density at radius 2 is 2.17 bits per heavy atom. The molecule has 0 radical (unpaired) electrons. The minimum absolute atomic E-state index is 0.0107. The molecule has 6 nitrogen and oxygen atoms in total. The molecule has 1 aliphatic heterocycles. The number of carbonyl (C=O) groups is 2. The first-order valence-electron chi connectivity index (χ1n) is 7.00. The van der Waals surface area contributed by atoms with Gasteiger partial charge in [0.2, 0.25) is 0 Å². The van der Waals surface area contributed by atoms with Gasteiger partial charge in [0.25, 0.3) is 5.91 Å². The summed E-state index contributed by atoms with van der Waals surface area (Å²) in [5, 5.41) is 18.5. The summed E-state index contributed by atoms with van der Waals surface area (Å²) in [6.45, 7) is 1.48. The van der Waals surface area contributed by atoms with Gasteiger partial charge in [-0.3, -0.25) is 4.79 Å². The number of nitrogens with zero attached hydrogens (tertiary/aromatic N) is 2. The van der Waals surface area contributed by atoms with Crippen molar-refractivity contribution in [3.63, 3.8) is 0 Å². The molecule has 0 bridgehead atoms. The van der Waals surface area contributed by atoms with Crippen molar-refractivity contribution >= 4 is 46.2 Å². The van der Waals surface area contributed by atoms with Crippen molar-refractivity contribution in [3.05, 3.63) is 23.6 Å². The van der Waals surface area contributed by atoms with Gasteiger partial charge < -0.3 is 20.0 Å². The van der Waals surface area contributed by atoms with Crippen LogP contribution < -0.4 is 0 Å². The standard InChI is InChI=1S/C14H17ClFIN2O4/c1-14(15)5-9(10(16)4-11(14)17)12(21)19-3-2-18(13(22)23)6-8(19)7-20/h4-5,8,11,20H,2-3,6-7H2,1H3,(H,22,23)/t8-,11?,14?/m1/s1. The smallest absolute Gasteiger partial charge is 0.407 e. The molecular formula is C14H17ClFIN2O4. The summed E-state index contributed by atoms with van der Waals surface area (Å²) in [5.74, 6) is -1.23. The summed E-state index contributed by atoms with van der Waals surface area (Å²) in [4.78, 5) is 25.2. The van der Waals surface area contributed by atoms with Crippen LogP contribution in [0.3, 0.4) is 0 Å². The van der Waals surface area contributed by atoms with Crippen LogP contribution in [0.25, 0.3) is 0 Å². The first-order chi connectivity index (χ1) is 10.7. The first kappa shape index (κ1) is 18.5. The van der Waals surface area contributed by atoms with Crippen molar-refractivity contribution in [1.82, 2.24) is 9.80 Å². The molecule has 2 aliphatic rings. The number of rotatable bonds is 2. The molecule has 9 heteroatoms. The Balaban J connectivity index is 2.23. The lowest BCUT2D eigenvalue weighted by Crippen LogP contribution is -2.58. The van der Waals surface area contributed by atoms with Gasteiger partial charge in [0, 0.05) is 19.6 Å². The van der Waals surface area contributed by atoms with Crippen LogP contribution in [0, 0.1) is 0 Å². The third-order valence-electron chi connectivity index (χ3n) is 3.97. The van der Waals surface area contributed by atoms with E-state index in [0.717, 1.165) is 4.90 Å². The Hall–Kier alpha value is -0.870. The average Bonchev–Trinajstić information content (AvgIpc) is 2.49. The molecular weight excluding hydrogens is 442 g/mol. The number of hydrogen-bond donors (Lipinski definition) is 2. The van der Waals surface area contributed by atoms with Crippen LogP contribution in [0.1, 0.15) is 6.92 Å². The maximum Gasteiger partial charge on any atom is 0.407 e. The second kappa shape index (κ2) is 6.94. The number of allylic oxidation sites excluding steroid dienone is 2. The minimum atomic E-state index is -1.11. The zero-order valence-electron chi connectivity index (χ0n) is 12.4. The molecule has 1 saturated heterocycles. The lowest BCUT2D eigenvalue weighted by Gasteiger charge is -2.40. The molecule has 1 aliphatic carbocycles. The highest BCUT2D eigenvalue weighted by Crippen LogP contribution is 2.37. The van der Waals surface area contributed by atoms with E-state index < -0.39 is 35.4 Å². The van der Waals surface area contributed by atoms with E-state index in [1.165, 1.54) is 17.1 Å². The maximum absolute atomic E-state index is 14.2. The molecule has 2 rings (SSSR count). The molecule has 0 aromatic carbocycles. The van der Waals surface area contributed by atoms with Gasteiger partial charge in [-0.25, -0.2) is 9.18 Å². The quantitative estimate of drug-likeness (QED) is 0.488. The zero-order chi connectivity index (χ0) is 17.4. The van der Waals surface area contributed by atoms with Gasteiger partial charge in [-0.05, 0) is 19.1 Å². The van der Waals surface area contributed by atoms with Gasteiger partial charge in [0.15, 0.2) is 0 Å². The molecule has 2 amide bonds. The number of hydrogen-bond acceptors (Lipinski definition) is 3. The number of aliphatic hydroxyl groups is 1. The van der Waals surface area contributed by atoms with Crippen molar-refractivity contribution in [1.29, 1.82) is 0 Å². The van der Waals surface area contributed by atoms with Crippen LogP contribution >= 0.6 is 34.2 Å². The van der Waals surface area contributed by atoms with E-state index >= 15 is 0 Å². The Labute approximate surface area is 151 Å². The summed E-state index contributed by atoms with van der Waals surface area (Å²) in [6, 6.07) is -0.708. The SMILES string of the molecule is CC1(Cl)C=C(C(=O)N2CCN(C(=O)O)C[C@@H]2CO)C(F)=CC1I. The fourth-order valence-electron chi connectivity index (χ4n) is 2.58. The monoisotopic (exact) mass is 458 g/mol. The van der Waals surface area contributed by atoms with Crippen LogP contribution in [0.5, 0.6) is 0 Å². The van der Waals surface area contributed by atoms with E-state index in [1.54, 1.807) is 6.92 Å². The normalized spacial score (nSPS) is 31.5. The zero-order valence-corrected chi connectivity index (χ0v) is 15.3. The lowest BCUT2D eigenvalue weighted by atomic mass is 9.94. The summed E-state index contributed by atoms with van der Waals surface area (Å²) in [7, 11) is 0. The van der Waals surface area contributed by atoms with E-state index in [4.69, 9.17) is 16.7 Å². The number of piperazine rings is 1. The Morgan fingerprint density at radius 1 is 1.52 bits per heavy atom. The molecule has 128 valence electrons. The second-order valence-corrected chi connectivity index (χ2v) is 7.85. The van der Waals surface area contributed by atoms with Crippen molar-refractivity contribution in [2.75, 3.05) is 26.2 Å². The molecule has 2 N–H and O–H groups in total. The highest BCUT2D eigenvalue weighted by Gasteiger charge is 2.39. The van der Waals surface area contributed by atoms with Crippen molar-refractivity contribution in [2.45, 2.75) is 21.8 Å². The van der Waals surface area contributed by atoms with Gasteiger partial charge in [0.1, 0.15) is 5.83 Å². The number of carboxylic acid groups (broad SMARTS) is 1. The Bertz CT molecular complexity index is 581. The summed E-state index contributed by atoms with van der Waals surface area (Å²) < 4.78 is 13.9. The third-order valence-corrected chi connectivity index (χ3v) is 6.34. The summed E-state index contributed by atoms with van der Waals surface area (Å²) in [5.41, 5.74) is -0.141. The Kier molecular flexibility index (Phi) is 5.57. The van der Waals surface area contributed by atoms with Gasteiger partial charge in [-0.1, -0.05) is 22.6 Å². The highest BCUT2D eigenvalue weighted by atomic mass is 127. The third kappa shape index (κ3) is 3.80. The lowest BCUT2D eigenvalue weighted by molar-refractivity contribution is -0.132. The van der Waals surface area contributed by atoms with E-state index in [-0.39, 0.29) is 29.1 Å². The van der Waals surface area contributed by atoms with Crippen LogP contribution in [0.2, 0.25) is 0 Å². The van der Waals surface area contributed by atoms with Gasteiger partial charge in [-0.2, -0.15) is 0 Å². The Morgan fingerprint density at radius 3 is 2.74 bits per heavy atom. The van der Waals surface area contributed by atoms with Gasteiger partial charge in [0.05, 0.1) is 27.0 Å². The molecule has 3 atom stereocenters. The first-order valence-corrected chi connectivity index (χ1v) is 8.63. The maximum atomic E-state index is 14.2. The molecule has 0 saturated carbocycles. The minimum Gasteiger partial charge on any atom is -0.465 e. The molecule has 0 spiro atoms. The predicted molar refractivity (Wildman–Crippen MR) is 91.5 cm³/mol. The van der Waals surface area contributed by atoms with E-state index in [0.29, 0.717) is 0 Å². The molecule has 2 unspecified atom stereocenters. The van der Waals surface area contributed by atoms with Crippen molar-refractivity contribution in [2.24, 2.45) is 0 Å². The number of aliphatic hydroxyl groups excluding tert-OH is 1. The molecule has 0 aromatic rings. The number of halogens is 3. The van der Waals surface area contributed by atoms with Crippen molar-refractivity contribution in [3.8, 4) is 0 Å². The van der Waals surface area contributed by atoms with E-state index in [9.17, 15) is 19.1 Å². The largest absolute Gasteiger partial charge is 0.465 e. The van der Waals surface area contributed by atoms with Crippen LogP contribution in [-0.4, -0.2) is 73.1 Å².